The van der Waals surface area contributed by atoms with E-state index >= 15 is 0 Å². The van der Waals surface area contributed by atoms with Crippen LogP contribution in [-0.2, 0) is 14.3 Å². The minimum Gasteiger partial charge on any atom is -0.476 e. The van der Waals surface area contributed by atoms with Gasteiger partial charge in [-0.2, -0.15) is 8.78 Å². The number of esters is 1. The van der Waals surface area contributed by atoms with Gasteiger partial charge in [0, 0.05) is 5.92 Å². The van der Waals surface area contributed by atoms with Gasteiger partial charge in [0.1, 0.15) is 23.9 Å². The molecule has 29 heavy (non-hydrogen) atoms. The lowest BCUT2D eigenvalue weighted by Gasteiger charge is -2.60. The number of carbonyl (C=O) groups is 1. The Morgan fingerprint density at radius 2 is 1.52 bits per heavy atom. The predicted octanol–water partition coefficient (Wildman–Crippen LogP) is -0.508. The maximum absolute atomic E-state index is 13.5. The summed E-state index contributed by atoms with van der Waals surface area (Å²) in [7, 11) is 0. The molecule has 0 aromatic heterocycles. The largest absolute Gasteiger partial charge is 0.476 e. The van der Waals surface area contributed by atoms with Crippen LogP contribution in [0.25, 0.3) is 0 Å². The quantitative estimate of drug-likeness (QED) is 0.218. The lowest BCUT2D eigenvalue weighted by atomic mass is 9.60. The van der Waals surface area contributed by atoms with Crippen molar-refractivity contribution in [1.82, 2.24) is 0 Å². The molecule has 0 radical (unpaired) electrons. The molecule has 7 atom stereocenters. The van der Waals surface area contributed by atoms with Crippen molar-refractivity contribution in [2.24, 2.45) is 5.92 Å². The topological polar surface area (TPSA) is 126 Å². The molecule has 0 bridgehead atoms. The van der Waals surface area contributed by atoms with E-state index in [4.69, 9.17) is 4.74 Å². The monoisotopic (exact) mass is 430 g/mol. The van der Waals surface area contributed by atoms with Crippen molar-refractivity contribution in [1.29, 1.82) is 0 Å². The van der Waals surface area contributed by atoms with Crippen LogP contribution in [0.5, 0.6) is 5.75 Å². The van der Waals surface area contributed by atoms with Crippen LogP contribution in [0.2, 0.25) is 0 Å². The molecule has 1 saturated heterocycles. The lowest BCUT2D eigenvalue weighted by Crippen LogP contribution is -2.81. The fourth-order valence-corrected chi connectivity index (χ4v) is 3.33. The first kappa shape index (κ1) is 21.6. The van der Waals surface area contributed by atoms with E-state index in [2.05, 4.69) is 9.47 Å². The second-order valence-corrected chi connectivity index (χ2v) is 6.70. The van der Waals surface area contributed by atoms with Crippen LogP contribution in [0.3, 0.4) is 0 Å². The number of aliphatic hydroxyl groups is 4. The van der Waals surface area contributed by atoms with Crippen molar-refractivity contribution in [3.8, 4) is 5.75 Å². The van der Waals surface area contributed by atoms with Crippen LogP contribution >= 0.6 is 0 Å². The molecule has 1 aromatic rings. The van der Waals surface area contributed by atoms with Crippen LogP contribution in [0.15, 0.2) is 0 Å². The smallest absolute Gasteiger partial charge is 0.346 e. The molecule has 1 aliphatic carbocycles. The van der Waals surface area contributed by atoms with Crippen molar-refractivity contribution in [3.05, 3.63) is 29.1 Å². The van der Waals surface area contributed by atoms with Gasteiger partial charge in [0.2, 0.25) is 35.4 Å². The highest BCUT2D eigenvalue weighted by atomic mass is 19.2. The fourth-order valence-electron chi connectivity index (χ4n) is 3.33. The van der Waals surface area contributed by atoms with Crippen molar-refractivity contribution >= 4 is 5.97 Å². The molecule has 4 N–H and O–H groups in total. The summed E-state index contributed by atoms with van der Waals surface area (Å²) in [5, 5.41) is 40.1. The van der Waals surface area contributed by atoms with Crippen molar-refractivity contribution < 1.29 is 61.4 Å². The van der Waals surface area contributed by atoms with E-state index in [0.717, 1.165) is 0 Å². The zero-order valence-corrected chi connectivity index (χ0v) is 14.5. The Morgan fingerprint density at radius 3 is 2.07 bits per heavy atom. The molecule has 2 fully saturated rings. The summed E-state index contributed by atoms with van der Waals surface area (Å²) >= 11 is 0. The summed E-state index contributed by atoms with van der Waals surface area (Å²) in [5.41, 5.74) is -2.01. The summed E-state index contributed by atoms with van der Waals surface area (Å²) in [4.78, 5) is 11.8. The molecule has 1 heterocycles. The Kier molecular flexibility index (Phi) is 5.47. The number of halogens is 5. The van der Waals surface area contributed by atoms with Crippen molar-refractivity contribution in [2.75, 3.05) is 6.61 Å². The van der Waals surface area contributed by atoms with Gasteiger partial charge >= 0.3 is 5.97 Å². The number of benzene rings is 1. The Hall–Kier alpha value is -2.06. The SMILES string of the molecule is CC1C(O)[C@H]2OC(OC(=O)COc3c(F)c(F)c(F)c(F)c3F)[C@H](O)[C@@H](O)[C@@]12O. The molecule has 8 nitrogen and oxygen atoms in total. The zero-order chi connectivity index (χ0) is 21.8. The molecular weight excluding hydrogens is 415 g/mol. The maximum Gasteiger partial charge on any atom is 0.346 e. The van der Waals surface area contributed by atoms with E-state index in [1.807, 2.05) is 0 Å². The van der Waals surface area contributed by atoms with E-state index in [0.29, 0.717) is 0 Å². The molecule has 13 heteroatoms. The standard InChI is InChI=1S/C16H15F5O8/c1-3-10(23)14-16(3,26)13(25)11(24)15(29-14)28-4(22)2-27-12-8(20)6(18)5(17)7(19)9(12)21/h3,10-11,13-15,23-26H,2H2,1H3/t3?,10?,11-,13-,14-,15?,16+/m1/s1. The van der Waals surface area contributed by atoms with Crippen LogP contribution in [-0.4, -0.2) is 69.3 Å². The Bertz CT molecular complexity index is 805. The van der Waals surface area contributed by atoms with E-state index in [1.54, 1.807) is 0 Å². The lowest BCUT2D eigenvalue weighted by molar-refractivity contribution is -0.392. The molecule has 0 spiro atoms. The van der Waals surface area contributed by atoms with E-state index in [-0.39, 0.29) is 0 Å². The van der Waals surface area contributed by atoms with Gasteiger partial charge in [0.15, 0.2) is 12.4 Å². The average Bonchev–Trinajstić information content (AvgIpc) is 2.70. The highest BCUT2D eigenvalue weighted by Crippen LogP contribution is 2.48. The van der Waals surface area contributed by atoms with E-state index in [1.165, 1.54) is 6.92 Å². The summed E-state index contributed by atoms with van der Waals surface area (Å²) in [6.07, 6.45) is -8.43. The second kappa shape index (κ2) is 7.32. The number of fused-ring (bicyclic) bond motifs is 1. The minimum absolute atomic E-state index is 0.869. The molecule has 162 valence electrons. The summed E-state index contributed by atoms with van der Waals surface area (Å²) in [5.74, 6) is -15.7. The number of carbonyl (C=O) groups excluding carboxylic acids is 1. The van der Waals surface area contributed by atoms with Crippen LogP contribution in [0.1, 0.15) is 6.92 Å². The Labute approximate surface area is 159 Å². The molecule has 3 unspecified atom stereocenters. The molecule has 2 aliphatic rings. The van der Waals surface area contributed by atoms with Gasteiger partial charge < -0.3 is 34.6 Å². The van der Waals surface area contributed by atoms with Crippen LogP contribution < -0.4 is 4.74 Å². The van der Waals surface area contributed by atoms with Gasteiger partial charge in [-0.3, -0.25) is 0 Å². The Morgan fingerprint density at radius 1 is 1.00 bits per heavy atom. The zero-order valence-electron chi connectivity index (χ0n) is 14.5. The molecule has 1 aromatic carbocycles. The van der Waals surface area contributed by atoms with Gasteiger partial charge in [-0.05, 0) is 0 Å². The number of aliphatic hydroxyl groups excluding tert-OH is 3. The van der Waals surface area contributed by atoms with Gasteiger partial charge in [-0.15, -0.1) is 0 Å². The third-order valence-electron chi connectivity index (χ3n) is 5.12. The highest BCUT2D eigenvalue weighted by Gasteiger charge is 2.69. The molecular formula is C16H15F5O8. The minimum atomic E-state index is -2.41. The fraction of sp³-hybridized carbons (Fsp3) is 0.562. The summed E-state index contributed by atoms with van der Waals surface area (Å²) in [6.45, 7) is 0.0274. The number of hydrogen-bond donors (Lipinski definition) is 4. The van der Waals surface area contributed by atoms with Gasteiger partial charge in [-0.25, -0.2) is 18.0 Å². The third-order valence-corrected chi connectivity index (χ3v) is 5.12. The summed E-state index contributed by atoms with van der Waals surface area (Å²) < 4.78 is 80.1. The first-order valence-electron chi connectivity index (χ1n) is 8.18. The van der Waals surface area contributed by atoms with Gasteiger partial charge in [0.25, 0.3) is 0 Å². The van der Waals surface area contributed by atoms with Crippen molar-refractivity contribution in [3.63, 3.8) is 0 Å². The predicted molar refractivity (Wildman–Crippen MR) is 78.6 cm³/mol. The number of rotatable bonds is 4. The first-order chi connectivity index (χ1) is 13.4. The Balaban J connectivity index is 1.67. The maximum atomic E-state index is 13.5. The third kappa shape index (κ3) is 3.13. The van der Waals surface area contributed by atoms with Gasteiger partial charge in [0.05, 0.1) is 6.10 Å². The average molecular weight is 430 g/mol. The molecule has 3 rings (SSSR count). The molecule has 1 saturated carbocycles. The number of hydrogen-bond acceptors (Lipinski definition) is 8. The van der Waals surface area contributed by atoms with Gasteiger partial charge in [-0.1, -0.05) is 6.92 Å². The van der Waals surface area contributed by atoms with E-state index < -0.39 is 89.6 Å². The second-order valence-electron chi connectivity index (χ2n) is 6.70. The summed E-state index contributed by atoms with van der Waals surface area (Å²) in [6, 6.07) is 0. The molecule has 0 amide bonds. The van der Waals surface area contributed by atoms with E-state index in [9.17, 15) is 47.2 Å². The first-order valence-corrected chi connectivity index (χ1v) is 8.18. The van der Waals surface area contributed by atoms with Crippen molar-refractivity contribution in [2.45, 2.75) is 43.2 Å². The number of ether oxygens (including phenoxy) is 3. The molecule has 1 aliphatic heterocycles. The van der Waals surface area contributed by atoms with Crippen LogP contribution in [0.4, 0.5) is 22.0 Å². The van der Waals surface area contributed by atoms with Crippen LogP contribution in [0, 0.1) is 35.0 Å². The highest BCUT2D eigenvalue weighted by molar-refractivity contribution is 5.71. The normalized spacial score (nSPS) is 36.2.